The number of urea groups is 1. The van der Waals surface area contributed by atoms with Gasteiger partial charge in [-0.25, -0.2) is 4.79 Å². The summed E-state index contributed by atoms with van der Waals surface area (Å²) in [6.07, 6.45) is 2.02. The Bertz CT molecular complexity index is 769. The Hall–Kier alpha value is -2.65. The molecular formula is C18H22N4O4S. The molecule has 1 unspecified atom stereocenters. The molecule has 1 saturated heterocycles. The number of nitrogens with one attached hydrogen (secondary N) is 2. The molecule has 27 heavy (non-hydrogen) atoms. The second-order valence-corrected chi connectivity index (χ2v) is 7.63. The molecule has 0 saturated carbocycles. The quantitative estimate of drug-likeness (QED) is 0.673. The fraction of sp³-hybridized carbons (Fsp3) is 0.389. The number of carbonyl (C=O) groups is 3. The van der Waals surface area contributed by atoms with E-state index >= 15 is 0 Å². The van der Waals surface area contributed by atoms with Crippen molar-refractivity contribution in [1.82, 2.24) is 20.7 Å². The molecule has 0 spiro atoms. The first-order valence-corrected chi connectivity index (χ1v) is 9.52. The zero-order valence-electron chi connectivity index (χ0n) is 15.2. The van der Waals surface area contributed by atoms with Crippen molar-refractivity contribution in [2.75, 3.05) is 6.54 Å². The number of thiophene rings is 1. The van der Waals surface area contributed by atoms with Crippen LogP contribution in [0.4, 0.5) is 4.79 Å². The van der Waals surface area contributed by atoms with E-state index in [-0.39, 0.29) is 6.54 Å². The largest absolute Gasteiger partial charge is 0.468 e. The summed E-state index contributed by atoms with van der Waals surface area (Å²) in [5.74, 6) is -0.172. The lowest BCUT2D eigenvalue weighted by Crippen LogP contribution is -2.51. The van der Waals surface area contributed by atoms with E-state index in [2.05, 4.69) is 10.7 Å². The summed E-state index contributed by atoms with van der Waals surface area (Å²) in [5.41, 5.74) is 1.43. The summed E-state index contributed by atoms with van der Waals surface area (Å²) >= 11 is 1.59. The number of hydrazine groups is 1. The standard InChI is InChI=1S/C18H22N4O4S/c1-3-18(2)16(24)22(17(25)19-18)20-15(23)12-21(10-13-6-4-8-26-13)11-14-7-5-9-27-14/h4-9H,3,10-12H2,1-2H3,(H,19,25)(H,20,23). The maximum Gasteiger partial charge on any atom is 0.344 e. The van der Waals surface area contributed by atoms with Crippen molar-refractivity contribution in [3.8, 4) is 0 Å². The van der Waals surface area contributed by atoms with E-state index in [1.54, 1.807) is 37.5 Å². The van der Waals surface area contributed by atoms with Crippen LogP contribution in [0.15, 0.2) is 40.3 Å². The molecule has 1 aliphatic rings. The summed E-state index contributed by atoms with van der Waals surface area (Å²) in [4.78, 5) is 39.9. The highest BCUT2D eigenvalue weighted by Gasteiger charge is 2.47. The Kier molecular flexibility index (Phi) is 5.62. The molecule has 1 fully saturated rings. The molecule has 144 valence electrons. The van der Waals surface area contributed by atoms with Crippen molar-refractivity contribution >= 4 is 29.2 Å². The van der Waals surface area contributed by atoms with E-state index in [1.165, 1.54) is 0 Å². The lowest BCUT2D eigenvalue weighted by atomic mass is 10.00. The van der Waals surface area contributed by atoms with Crippen LogP contribution in [0.5, 0.6) is 0 Å². The highest BCUT2D eigenvalue weighted by molar-refractivity contribution is 7.09. The van der Waals surface area contributed by atoms with Gasteiger partial charge in [0.2, 0.25) is 0 Å². The topological polar surface area (TPSA) is 94.9 Å². The van der Waals surface area contributed by atoms with Gasteiger partial charge < -0.3 is 9.73 Å². The minimum Gasteiger partial charge on any atom is -0.468 e. The van der Waals surface area contributed by atoms with Crippen molar-refractivity contribution in [1.29, 1.82) is 0 Å². The minimum atomic E-state index is -0.991. The van der Waals surface area contributed by atoms with E-state index in [0.717, 1.165) is 15.6 Å². The molecule has 3 rings (SSSR count). The van der Waals surface area contributed by atoms with E-state index in [1.807, 2.05) is 28.5 Å². The summed E-state index contributed by atoms with van der Waals surface area (Å²) in [7, 11) is 0. The maximum absolute atomic E-state index is 12.5. The molecule has 1 atom stereocenters. The molecule has 9 heteroatoms. The molecule has 0 bridgehead atoms. The van der Waals surface area contributed by atoms with E-state index in [4.69, 9.17) is 4.42 Å². The van der Waals surface area contributed by atoms with Gasteiger partial charge in [-0.1, -0.05) is 13.0 Å². The average molecular weight is 390 g/mol. The zero-order valence-corrected chi connectivity index (χ0v) is 16.0. The first kappa shape index (κ1) is 19.1. The predicted octanol–water partition coefficient (Wildman–Crippen LogP) is 2.09. The summed E-state index contributed by atoms with van der Waals surface area (Å²) in [6, 6.07) is 6.95. The zero-order chi connectivity index (χ0) is 19.4. The van der Waals surface area contributed by atoms with Crippen LogP contribution in [-0.4, -0.2) is 39.8 Å². The molecule has 2 aromatic heterocycles. The van der Waals surface area contributed by atoms with Crippen molar-refractivity contribution in [2.45, 2.75) is 38.9 Å². The Balaban J connectivity index is 1.65. The Morgan fingerprint density at radius 3 is 2.74 bits per heavy atom. The summed E-state index contributed by atoms with van der Waals surface area (Å²) in [5, 5.41) is 5.34. The molecule has 2 N–H and O–H groups in total. The molecule has 4 amide bonds. The van der Waals surface area contributed by atoms with Gasteiger partial charge >= 0.3 is 6.03 Å². The number of hydrogen-bond donors (Lipinski definition) is 2. The van der Waals surface area contributed by atoms with E-state index in [0.29, 0.717) is 19.5 Å². The van der Waals surface area contributed by atoms with Crippen LogP contribution in [0.3, 0.4) is 0 Å². The van der Waals surface area contributed by atoms with Crippen LogP contribution in [0, 0.1) is 0 Å². The predicted molar refractivity (Wildman–Crippen MR) is 99.4 cm³/mol. The SMILES string of the molecule is CCC1(C)NC(=O)N(NC(=O)CN(Cc2ccco2)Cc2cccs2)C1=O. The number of rotatable bonds is 8. The van der Waals surface area contributed by atoms with Gasteiger partial charge in [0.05, 0.1) is 19.4 Å². The molecule has 0 aliphatic carbocycles. The van der Waals surface area contributed by atoms with Gasteiger partial charge in [0.15, 0.2) is 0 Å². The third kappa shape index (κ3) is 4.37. The Labute approximate surface area is 161 Å². The van der Waals surface area contributed by atoms with Crippen LogP contribution in [0.25, 0.3) is 0 Å². The monoisotopic (exact) mass is 390 g/mol. The van der Waals surface area contributed by atoms with Crippen LogP contribution in [0.2, 0.25) is 0 Å². The lowest BCUT2D eigenvalue weighted by molar-refractivity contribution is -0.139. The second-order valence-electron chi connectivity index (χ2n) is 6.60. The summed E-state index contributed by atoms with van der Waals surface area (Å²) in [6.45, 7) is 4.44. The van der Waals surface area contributed by atoms with Gasteiger partial charge in [-0.2, -0.15) is 5.01 Å². The van der Waals surface area contributed by atoms with Crippen molar-refractivity contribution in [3.63, 3.8) is 0 Å². The summed E-state index contributed by atoms with van der Waals surface area (Å²) < 4.78 is 5.38. The van der Waals surface area contributed by atoms with E-state index < -0.39 is 23.4 Å². The van der Waals surface area contributed by atoms with E-state index in [9.17, 15) is 14.4 Å². The van der Waals surface area contributed by atoms with Gasteiger partial charge in [0, 0.05) is 11.4 Å². The molecule has 2 aromatic rings. The number of carbonyl (C=O) groups excluding carboxylic acids is 3. The van der Waals surface area contributed by atoms with Crippen LogP contribution < -0.4 is 10.7 Å². The van der Waals surface area contributed by atoms with Gasteiger partial charge in [-0.3, -0.25) is 19.9 Å². The van der Waals surface area contributed by atoms with Crippen LogP contribution in [0.1, 0.15) is 30.9 Å². The average Bonchev–Trinajstić information content (AvgIpc) is 3.35. The molecular weight excluding hydrogens is 368 g/mol. The Morgan fingerprint density at radius 2 is 2.15 bits per heavy atom. The van der Waals surface area contributed by atoms with Crippen LogP contribution in [-0.2, 0) is 22.7 Å². The highest BCUT2D eigenvalue weighted by Crippen LogP contribution is 2.19. The molecule has 1 aliphatic heterocycles. The van der Waals surface area contributed by atoms with Gasteiger partial charge in [0.25, 0.3) is 11.8 Å². The first-order chi connectivity index (χ1) is 12.9. The highest BCUT2D eigenvalue weighted by atomic mass is 32.1. The fourth-order valence-electron chi connectivity index (χ4n) is 2.80. The molecule has 3 heterocycles. The fourth-order valence-corrected chi connectivity index (χ4v) is 3.55. The maximum atomic E-state index is 12.5. The molecule has 8 nitrogen and oxygen atoms in total. The number of hydrogen-bond acceptors (Lipinski definition) is 6. The number of furan rings is 1. The van der Waals surface area contributed by atoms with Gasteiger partial charge in [-0.05, 0) is 36.9 Å². The normalized spacial score (nSPS) is 19.6. The van der Waals surface area contributed by atoms with Gasteiger partial charge in [0.1, 0.15) is 11.3 Å². The smallest absolute Gasteiger partial charge is 0.344 e. The molecule has 0 aromatic carbocycles. The lowest BCUT2D eigenvalue weighted by Gasteiger charge is -2.22. The third-order valence-corrected chi connectivity index (χ3v) is 5.35. The second kappa shape index (κ2) is 7.93. The number of imide groups is 1. The third-order valence-electron chi connectivity index (χ3n) is 4.49. The minimum absolute atomic E-state index is 0.0124. The van der Waals surface area contributed by atoms with Gasteiger partial charge in [-0.15, -0.1) is 11.3 Å². The van der Waals surface area contributed by atoms with Crippen LogP contribution >= 0.6 is 11.3 Å². The Morgan fingerprint density at radius 1 is 1.33 bits per heavy atom. The number of nitrogens with zero attached hydrogens (tertiary/aromatic N) is 2. The van der Waals surface area contributed by atoms with Crippen molar-refractivity contribution in [2.24, 2.45) is 0 Å². The van der Waals surface area contributed by atoms with Crippen molar-refractivity contribution < 1.29 is 18.8 Å². The number of amides is 4. The molecule has 0 radical (unpaired) electrons. The van der Waals surface area contributed by atoms with Crippen molar-refractivity contribution in [3.05, 3.63) is 46.5 Å². The first-order valence-electron chi connectivity index (χ1n) is 8.64.